The maximum atomic E-state index is 13.7. The number of sulfonamides is 1. The number of nitrogens with one attached hydrogen (secondary N) is 1. The summed E-state index contributed by atoms with van der Waals surface area (Å²) in [7, 11) is -4.05. The Balaban J connectivity index is 2.49. The van der Waals surface area contributed by atoms with E-state index in [9.17, 15) is 12.8 Å². The quantitative estimate of drug-likeness (QED) is 0.923. The molecule has 1 aromatic heterocycles. The maximum Gasteiger partial charge on any atom is 0.282 e. The number of aryl methyl sites for hydroxylation is 2. The Morgan fingerprint density at radius 2 is 1.71 bits per heavy atom. The first-order valence-electron chi connectivity index (χ1n) is 6.73. The van der Waals surface area contributed by atoms with Gasteiger partial charge in [-0.1, -0.05) is 32.0 Å². The molecular weight excluding hydrogens is 291 g/mol. The number of benzene rings is 1. The van der Waals surface area contributed by atoms with Gasteiger partial charge in [-0.15, -0.1) is 0 Å². The third-order valence-electron chi connectivity index (χ3n) is 3.21. The van der Waals surface area contributed by atoms with Crippen molar-refractivity contribution in [1.82, 2.24) is 4.98 Å². The van der Waals surface area contributed by atoms with Crippen molar-refractivity contribution < 1.29 is 12.8 Å². The van der Waals surface area contributed by atoms with E-state index in [-0.39, 0.29) is 0 Å². The van der Waals surface area contributed by atoms with E-state index in [1.54, 1.807) is 0 Å². The van der Waals surface area contributed by atoms with Crippen LogP contribution < -0.4 is 4.72 Å². The fourth-order valence-electron chi connectivity index (χ4n) is 2.13. The summed E-state index contributed by atoms with van der Waals surface area (Å²) in [5.41, 5.74) is 2.26. The Morgan fingerprint density at radius 3 is 2.24 bits per heavy atom. The van der Waals surface area contributed by atoms with Gasteiger partial charge < -0.3 is 0 Å². The van der Waals surface area contributed by atoms with E-state index >= 15 is 0 Å². The lowest BCUT2D eigenvalue weighted by Crippen LogP contribution is -2.18. The molecule has 0 saturated heterocycles. The van der Waals surface area contributed by atoms with E-state index < -0.39 is 20.9 Å². The molecule has 0 bridgehead atoms. The zero-order chi connectivity index (χ0) is 15.5. The van der Waals surface area contributed by atoms with Crippen molar-refractivity contribution in [3.8, 4) is 0 Å². The van der Waals surface area contributed by atoms with E-state index in [0.717, 1.165) is 17.2 Å². The van der Waals surface area contributed by atoms with Crippen molar-refractivity contribution in [3.05, 3.63) is 53.5 Å². The van der Waals surface area contributed by atoms with Crippen molar-refractivity contribution in [2.75, 3.05) is 4.72 Å². The smallest absolute Gasteiger partial charge is 0.278 e. The fourth-order valence-corrected chi connectivity index (χ4v) is 3.28. The number of para-hydroxylation sites is 1. The lowest BCUT2D eigenvalue weighted by Gasteiger charge is -2.15. The average Bonchev–Trinajstić information content (AvgIpc) is 2.47. The van der Waals surface area contributed by atoms with Gasteiger partial charge in [0.05, 0.1) is 5.69 Å². The van der Waals surface area contributed by atoms with Crippen molar-refractivity contribution in [1.29, 1.82) is 0 Å². The molecule has 4 nitrogen and oxygen atoms in total. The van der Waals surface area contributed by atoms with Crippen LogP contribution >= 0.6 is 0 Å². The van der Waals surface area contributed by atoms with Crippen LogP contribution in [0.25, 0.3) is 0 Å². The molecule has 0 aliphatic rings. The highest BCUT2D eigenvalue weighted by Gasteiger charge is 2.22. The van der Waals surface area contributed by atoms with Crippen LogP contribution in [0.1, 0.15) is 25.0 Å². The lowest BCUT2D eigenvalue weighted by atomic mass is 10.0. The summed E-state index contributed by atoms with van der Waals surface area (Å²) >= 11 is 0. The number of aromatic nitrogens is 1. The predicted octanol–water partition coefficient (Wildman–Crippen LogP) is 3.15. The minimum absolute atomic E-state index is 0.521. The number of nitrogens with zero attached hydrogens (tertiary/aromatic N) is 1. The zero-order valence-electron chi connectivity index (χ0n) is 11.9. The Kier molecular flexibility index (Phi) is 4.57. The highest BCUT2D eigenvalue weighted by atomic mass is 32.2. The van der Waals surface area contributed by atoms with Gasteiger partial charge in [0.1, 0.15) is 0 Å². The normalized spacial score (nSPS) is 11.4. The molecule has 0 unspecified atom stereocenters. The van der Waals surface area contributed by atoms with Crippen LogP contribution in [-0.4, -0.2) is 13.4 Å². The minimum Gasteiger partial charge on any atom is -0.278 e. The van der Waals surface area contributed by atoms with Crippen LogP contribution in [0.3, 0.4) is 0 Å². The van der Waals surface area contributed by atoms with Crippen LogP contribution in [0.15, 0.2) is 41.6 Å². The van der Waals surface area contributed by atoms with Gasteiger partial charge in [0.2, 0.25) is 5.03 Å². The summed E-state index contributed by atoms with van der Waals surface area (Å²) in [4.78, 5) is 3.63. The molecule has 0 radical (unpaired) electrons. The molecule has 0 aliphatic heterocycles. The predicted molar refractivity (Wildman–Crippen MR) is 80.2 cm³/mol. The standard InChI is InChI=1S/C15H17FN2O2S/c1-3-11-7-5-8-12(4-2)14(11)18-21(19,20)15-13(16)9-6-10-17-15/h5-10,18H,3-4H2,1-2H3. The molecule has 0 aliphatic carbocycles. The summed E-state index contributed by atoms with van der Waals surface area (Å²) in [5, 5.41) is -0.585. The third kappa shape index (κ3) is 3.21. The third-order valence-corrected chi connectivity index (χ3v) is 4.50. The summed E-state index contributed by atoms with van der Waals surface area (Å²) in [6.07, 6.45) is 2.61. The van der Waals surface area contributed by atoms with Crippen LogP contribution in [0.4, 0.5) is 10.1 Å². The van der Waals surface area contributed by atoms with Gasteiger partial charge in [0.25, 0.3) is 10.0 Å². The molecule has 2 rings (SSSR count). The first kappa shape index (κ1) is 15.4. The molecule has 0 atom stereocenters. The van der Waals surface area contributed by atoms with Gasteiger partial charge in [0, 0.05) is 6.20 Å². The Hall–Kier alpha value is -1.95. The van der Waals surface area contributed by atoms with Crippen molar-refractivity contribution in [2.45, 2.75) is 31.7 Å². The maximum absolute atomic E-state index is 13.7. The van der Waals surface area contributed by atoms with Gasteiger partial charge in [-0.3, -0.25) is 4.72 Å². The molecule has 6 heteroatoms. The summed E-state index contributed by atoms with van der Waals surface area (Å²) in [6, 6.07) is 8.02. The van der Waals surface area contributed by atoms with E-state index in [2.05, 4.69) is 9.71 Å². The van der Waals surface area contributed by atoms with E-state index in [4.69, 9.17) is 0 Å². The first-order valence-corrected chi connectivity index (χ1v) is 8.22. The number of hydrogen-bond donors (Lipinski definition) is 1. The van der Waals surface area contributed by atoms with Crippen molar-refractivity contribution >= 4 is 15.7 Å². The molecular formula is C15H17FN2O2S. The van der Waals surface area contributed by atoms with Crippen molar-refractivity contribution in [3.63, 3.8) is 0 Å². The van der Waals surface area contributed by atoms with Crippen LogP contribution in [0.2, 0.25) is 0 Å². The average molecular weight is 308 g/mol. The number of halogens is 1. The zero-order valence-corrected chi connectivity index (χ0v) is 12.7. The molecule has 1 N–H and O–H groups in total. The van der Waals surface area contributed by atoms with Gasteiger partial charge in [-0.05, 0) is 36.1 Å². The second kappa shape index (κ2) is 6.22. The van der Waals surface area contributed by atoms with E-state index in [0.29, 0.717) is 18.5 Å². The Bertz CT molecular complexity index is 723. The minimum atomic E-state index is -4.05. The summed E-state index contributed by atoms with van der Waals surface area (Å²) in [6.45, 7) is 3.88. The largest absolute Gasteiger partial charge is 0.282 e. The molecule has 0 spiro atoms. The number of hydrogen-bond acceptors (Lipinski definition) is 3. The van der Waals surface area contributed by atoms with Crippen molar-refractivity contribution in [2.24, 2.45) is 0 Å². The highest BCUT2D eigenvalue weighted by Crippen LogP contribution is 2.25. The number of rotatable bonds is 5. The lowest BCUT2D eigenvalue weighted by molar-refractivity contribution is 0.556. The van der Waals surface area contributed by atoms with Gasteiger partial charge in [0.15, 0.2) is 5.82 Å². The Labute approximate surface area is 124 Å². The van der Waals surface area contributed by atoms with Crippen LogP contribution in [0, 0.1) is 5.82 Å². The highest BCUT2D eigenvalue weighted by molar-refractivity contribution is 7.92. The Morgan fingerprint density at radius 1 is 1.10 bits per heavy atom. The number of anilines is 1. The van der Waals surface area contributed by atoms with Gasteiger partial charge in [-0.2, -0.15) is 8.42 Å². The molecule has 2 aromatic rings. The number of pyridine rings is 1. The first-order chi connectivity index (χ1) is 9.99. The second-order valence-electron chi connectivity index (χ2n) is 4.55. The van der Waals surface area contributed by atoms with Gasteiger partial charge in [-0.25, -0.2) is 9.37 Å². The molecule has 1 aromatic carbocycles. The van der Waals surface area contributed by atoms with E-state index in [1.165, 1.54) is 12.3 Å². The monoisotopic (exact) mass is 308 g/mol. The topological polar surface area (TPSA) is 59.1 Å². The van der Waals surface area contributed by atoms with E-state index in [1.807, 2.05) is 32.0 Å². The molecule has 0 saturated carbocycles. The summed E-state index contributed by atoms with van der Waals surface area (Å²) in [5.74, 6) is -0.864. The summed E-state index contributed by atoms with van der Waals surface area (Å²) < 4.78 is 40.8. The van der Waals surface area contributed by atoms with Crippen LogP contribution in [-0.2, 0) is 22.9 Å². The molecule has 21 heavy (non-hydrogen) atoms. The van der Waals surface area contributed by atoms with Gasteiger partial charge >= 0.3 is 0 Å². The molecule has 1 heterocycles. The SMILES string of the molecule is CCc1cccc(CC)c1NS(=O)(=O)c1ncccc1F. The second-order valence-corrected chi connectivity index (χ2v) is 6.15. The fraction of sp³-hybridized carbons (Fsp3) is 0.267. The molecule has 0 amide bonds. The molecule has 112 valence electrons. The molecule has 0 fully saturated rings. The van der Waals surface area contributed by atoms with Crippen LogP contribution in [0.5, 0.6) is 0 Å².